The Balaban J connectivity index is 1.95. The first-order valence-corrected chi connectivity index (χ1v) is 6.46. The summed E-state index contributed by atoms with van der Waals surface area (Å²) < 4.78 is 5.92. The van der Waals surface area contributed by atoms with Gasteiger partial charge in [0.05, 0.1) is 6.04 Å². The third kappa shape index (κ3) is 1.44. The van der Waals surface area contributed by atoms with E-state index in [-0.39, 0.29) is 11.9 Å². The van der Waals surface area contributed by atoms with Crippen LogP contribution in [-0.2, 0) is 0 Å². The van der Waals surface area contributed by atoms with Gasteiger partial charge in [0.2, 0.25) is 0 Å². The number of carbonyl (C=O) groups is 1. The van der Waals surface area contributed by atoms with E-state index in [4.69, 9.17) is 4.74 Å². The van der Waals surface area contributed by atoms with Crippen LogP contribution in [0.25, 0.3) is 0 Å². The van der Waals surface area contributed by atoms with Crippen molar-refractivity contribution in [3.8, 4) is 11.5 Å². The molecular weight excluding hydrogens is 254 g/mol. The predicted octanol–water partition coefficient (Wildman–Crippen LogP) is 2.17. The molecule has 5 nitrogen and oxygen atoms in total. The highest BCUT2D eigenvalue weighted by Gasteiger charge is 2.34. The molecule has 4 rings (SSSR count). The molecule has 100 valence electrons. The SMILES string of the molecule is CNc1ccc2c(c1)C1NNC(=O)c3cccc(c31)O2. The van der Waals surface area contributed by atoms with Gasteiger partial charge in [-0.25, -0.2) is 5.43 Å². The number of hydrazine groups is 1. The highest BCUT2D eigenvalue weighted by atomic mass is 16.5. The molecule has 0 bridgehead atoms. The van der Waals surface area contributed by atoms with E-state index in [0.717, 1.165) is 28.3 Å². The predicted molar refractivity (Wildman–Crippen MR) is 74.9 cm³/mol. The largest absolute Gasteiger partial charge is 0.457 e. The third-order valence-corrected chi connectivity index (χ3v) is 3.76. The Labute approximate surface area is 115 Å². The molecule has 20 heavy (non-hydrogen) atoms. The molecule has 0 fully saturated rings. The van der Waals surface area contributed by atoms with Crippen molar-refractivity contribution in [3.05, 3.63) is 53.1 Å². The van der Waals surface area contributed by atoms with E-state index < -0.39 is 0 Å². The summed E-state index contributed by atoms with van der Waals surface area (Å²) in [4.78, 5) is 11.9. The molecule has 1 unspecified atom stereocenters. The molecule has 0 aliphatic carbocycles. The van der Waals surface area contributed by atoms with Crippen LogP contribution in [0.4, 0.5) is 5.69 Å². The van der Waals surface area contributed by atoms with Gasteiger partial charge < -0.3 is 10.1 Å². The number of ether oxygens (including phenoxy) is 1. The van der Waals surface area contributed by atoms with Gasteiger partial charge in [-0.15, -0.1) is 0 Å². The molecule has 2 aliphatic rings. The van der Waals surface area contributed by atoms with Crippen LogP contribution in [0, 0.1) is 0 Å². The number of amides is 1. The highest BCUT2D eigenvalue weighted by molar-refractivity contribution is 5.98. The number of carbonyl (C=O) groups excluding carboxylic acids is 1. The minimum absolute atomic E-state index is 0.0871. The zero-order valence-electron chi connectivity index (χ0n) is 10.9. The third-order valence-electron chi connectivity index (χ3n) is 3.76. The quantitative estimate of drug-likeness (QED) is 0.741. The average Bonchev–Trinajstić information content (AvgIpc) is 2.49. The summed E-state index contributed by atoms with van der Waals surface area (Å²) in [5.41, 5.74) is 9.36. The molecular formula is C15H13N3O2. The van der Waals surface area contributed by atoms with Gasteiger partial charge in [0.25, 0.3) is 5.91 Å². The summed E-state index contributed by atoms with van der Waals surface area (Å²) in [5.74, 6) is 1.41. The van der Waals surface area contributed by atoms with Crippen LogP contribution in [0.2, 0.25) is 0 Å². The molecule has 5 heteroatoms. The lowest BCUT2D eigenvalue weighted by atomic mass is 9.89. The minimum atomic E-state index is -0.130. The van der Waals surface area contributed by atoms with Crippen molar-refractivity contribution in [1.29, 1.82) is 0 Å². The van der Waals surface area contributed by atoms with Crippen molar-refractivity contribution in [1.82, 2.24) is 10.9 Å². The smallest absolute Gasteiger partial charge is 0.265 e. The summed E-state index contributed by atoms with van der Waals surface area (Å²) in [6, 6.07) is 11.4. The molecule has 0 aromatic heterocycles. The number of benzene rings is 2. The molecule has 0 radical (unpaired) electrons. The maximum atomic E-state index is 11.9. The van der Waals surface area contributed by atoms with E-state index >= 15 is 0 Å². The maximum absolute atomic E-state index is 11.9. The Morgan fingerprint density at radius 3 is 2.95 bits per heavy atom. The first kappa shape index (κ1) is 11.3. The zero-order chi connectivity index (χ0) is 13.7. The molecule has 0 spiro atoms. The van der Waals surface area contributed by atoms with Gasteiger partial charge in [-0.1, -0.05) is 6.07 Å². The van der Waals surface area contributed by atoms with E-state index in [1.807, 2.05) is 43.4 Å². The number of hydrogen-bond donors (Lipinski definition) is 3. The van der Waals surface area contributed by atoms with Crippen LogP contribution in [0.3, 0.4) is 0 Å². The average molecular weight is 267 g/mol. The number of rotatable bonds is 1. The maximum Gasteiger partial charge on any atom is 0.265 e. The van der Waals surface area contributed by atoms with E-state index in [1.165, 1.54) is 0 Å². The van der Waals surface area contributed by atoms with Gasteiger partial charge >= 0.3 is 0 Å². The van der Waals surface area contributed by atoms with E-state index in [1.54, 1.807) is 0 Å². The Hall–Kier alpha value is -2.53. The molecule has 2 heterocycles. The number of anilines is 1. The summed E-state index contributed by atoms with van der Waals surface area (Å²) in [6.45, 7) is 0. The summed E-state index contributed by atoms with van der Waals surface area (Å²) in [7, 11) is 1.88. The fourth-order valence-corrected chi connectivity index (χ4v) is 2.78. The Bertz CT molecular complexity index is 727. The van der Waals surface area contributed by atoms with Crippen molar-refractivity contribution in [2.24, 2.45) is 0 Å². The molecule has 2 aromatic rings. The lowest BCUT2D eigenvalue weighted by molar-refractivity contribution is 0.0910. The van der Waals surface area contributed by atoms with Gasteiger partial charge in [0, 0.05) is 29.4 Å². The standard InChI is InChI=1S/C15H13N3O2/c1-16-8-5-6-11-10(7-8)14-13-9(15(19)18-17-14)3-2-4-12(13)20-11/h2-7,14,16-17H,1H3,(H,18,19). The van der Waals surface area contributed by atoms with E-state index in [2.05, 4.69) is 16.2 Å². The van der Waals surface area contributed by atoms with Gasteiger partial charge in [-0.2, -0.15) is 0 Å². The Morgan fingerprint density at radius 2 is 2.10 bits per heavy atom. The lowest BCUT2D eigenvalue weighted by Crippen LogP contribution is -2.46. The monoisotopic (exact) mass is 267 g/mol. The number of hydrogen-bond acceptors (Lipinski definition) is 4. The fourth-order valence-electron chi connectivity index (χ4n) is 2.78. The van der Waals surface area contributed by atoms with Crippen molar-refractivity contribution >= 4 is 11.6 Å². The van der Waals surface area contributed by atoms with Crippen LogP contribution in [0.5, 0.6) is 11.5 Å². The first-order valence-electron chi connectivity index (χ1n) is 6.46. The molecule has 3 N–H and O–H groups in total. The highest BCUT2D eigenvalue weighted by Crippen LogP contribution is 2.45. The molecule has 2 aromatic carbocycles. The van der Waals surface area contributed by atoms with Crippen molar-refractivity contribution in [3.63, 3.8) is 0 Å². The number of fused-ring (bicyclic) bond motifs is 2. The van der Waals surface area contributed by atoms with Gasteiger partial charge in [0.15, 0.2) is 0 Å². The zero-order valence-corrected chi connectivity index (χ0v) is 10.9. The second kappa shape index (κ2) is 3.98. The molecule has 1 amide bonds. The molecule has 0 saturated carbocycles. The molecule has 1 atom stereocenters. The second-order valence-electron chi connectivity index (χ2n) is 4.85. The fraction of sp³-hybridized carbons (Fsp3) is 0.133. The summed E-state index contributed by atoms with van der Waals surface area (Å²) in [5, 5.41) is 3.12. The van der Waals surface area contributed by atoms with Crippen molar-refractivity contribution in [2.75, 3.05) is 12.4 Å². The van der Waals surface area contributed by atoms with E-state index in [9.17, 15) is 4.79 Å². The van der Waals surface area contributed by atoms with Crippen LogP contribution in [0.15, 0.2) is 36.4 Å². The topological polar surface area (TPSA) is 62.4 Å². The van der Waals surface area contributed by atoms with Crippen LogP contribution in [-0.4, -0.2) is 13.0 Å². The van der Waals surface area contributed by atoms with Crippen LogP contribution >= 0.6 is 0 Å². The number of nitrogens with one attached hydrogen (secondary N) is 3. The Kier molecular flexibility index (Phi) is 2.25. The second-order valence-corrected chi connectivity index (χ2v) is 4.85. The first-order chi connectivity index (χ1) is 9.78. The lowest BCUT2D eigenvalue weighted by Gasteiger charge is -2.33. The van der Waals surface area contributed by atoms with Crippen molar-refractivity contribution < 1.29 is 9.53 Å². The molecule has 2 aliphatic heterocycles. The summed E-state index contributed by atoms with van der Waals surface area (Å²) >= 11 is 0. The van der Waals surface area contributed by atoms with Crippen molar-refractivity contribution in [2.45, 2.75) is 6.04 Å². The van der Waals surface area contributed by atoms with E-state index in [0.29, 0.717) is 5.56 Å². The van der Waals surface area contributed by atoms with Gasteiger partial charge in [-0.05, 0) is 30.3 Å². The van der Waals surface area contributed by atoms with Crippen LogP contribution in [0.1, 0.15) is 27.5 Å². The van der Waals surface area contributed by atoms with Gasteiger partial charge in [-0.3, -0.25) is 10.2 Å². The van der Waals surface area contributed by atoms with Crippen LogP contribution < -0.4 is 20.9 Å². The van der Waals surface area contributed by atoms with Gasteiger partial charge in [0.1, 0.15) is 11.5 Å². The summed E-state index contributed by atoms with van der Waals surface area (Å²) in [6.07, 6.45) is 0. The molecule has 0 saturated heterocycles. The minimum Gasteiger partial charge on any atom is -0.457 e. The normalized spacial score (nSPS) is 18.4. The Morgan fingerprint density at radius 1 is 1.20 bits per heavy atom.